The van der Waals surface area contributed by atoms with Crippen LogP contribution in [0.1, 0.15) is 189 Å². The molecule has 7 N–H and O–H groups in total. The van der Waals surface area contributed by atoms with Crippen LogP contribution in [0.5, 0.6) is 5.75 Å². The van der Waals surface area contributed by atoms with E-state index in [1.807, 2.05) is 80.5 Å². The first-order valence-corrected chi connectivity index (χ1v) is 29.7. The summed E-state index contributed by atoms with van der Waals surface area (Å²) in [6.45, 7) is 31.7. The Hall–Kier alpha value is -4.03. The smallest absolute Gasteiger partial charge is 0.225 e. The highest BCUT2D eigenvalue weighted by Crippen LogP contribution is 2.39. The summed E-state index contributed by atoms with van der Waals surface area (Å²) in [7, 11) is 6.05. The molecule has 3 aliphatic heterocycles. The van der Waals surface area contributed by atoms with Crippen molar-refractivity contribution in [1.82, 2.24) is 15.4 Å². The second-order valence-electron chi connectivity index (χ2n) is 23.6. The van der Waals surface area contributed by atoms with Gasteiger partial charge in [0, 0.05) is 61.4 Å². The van der Waals surface area contributed by atoms with Gasteiger partial charge in [-0.05, 0) is 145 Å². The Kier molecular flexibility index (Phi) is 45.5. The molecule has 5 unspecified atom stereocenters. The molecule has 0 bridgehead atoms. The van der Waals surface area contributed by atoms with Crippen LogP contribution in [-0.4, -0.2) is 128 Å². The van der Waals surface area contributed by atoms with Crippen molar-refractivity contribution < 1.29 is 61.8 Å². The Morgan fingerprint density at radius 3 is 2.11 bits per heavy atom. The van der Waals surface area contributed by atoms with E-state index in [9.17, 15) is 14.4 Å². The fraction of sp³-hybridized carbons (Fsp3) is 0.716. The maximum absolute atomic E-state index is 13.8. The number of aryl methyl sites for hydroxylation is 1. The number of nitrogens with one attached hydrogen (secondary N) is 2. The summed E-state index contributed by atoms with van der Waals surface area (Å²) in [6, 6.07) is 12.0. The van der Waals surface area contributed by atoms with Crippen molar-refractivity contribution in [3.63, 3.8) is 0 Å². The number of likely N-dealkylation sites (tertiary alicyclic amines) is 1. The third-order valence-corrected chi connectivity index (χ3v) is 16.4. The van der Waals surface area contributed by atoms with Crippen molar-refractivity contribution in [2.45, 2.75) is 218 Å². The van der Waals surface area contributed by atoms with Gasteiger partial charge in [-0.25, -0.2) is 0 Å². The first kappa shape index (κ1) is 82.2. The van der Waals surface area contributed by atoms with Crippen LogP contribution in [0, 0.1) is 47.8 Å². The molecule has 1 aromatic heterocycles. The van der Waals surface area contributed by atoms with Crippen molar-refractivity contribution in [2.75, 3.05) is 55.0 Å². The number of ether oxygens (including phenoxy) is 5. The molecule has 15 heteroatoms. The number of hydroxylamine groups is 1. The Morgan fingerprint density at radius 1 is 0.939 bits per heavy atom. The minimum atomic E-state index is -0.496. The van der Waals surface area contributed by atoms with E-state index in [4.69, 9.17) is 33.6 Å². The van der Waals surface area contributed by atoms with Crippen LogP contribution < -0.4 is 10.2 Å². The molecule has 2 saturated heterocycles. The second kappa shape index (κ2) is 45.4. The fourth-order valence-corrected chi connectivity index (χ4v) is 10.1. The van der Waals surface area contributed by atoms with Crippen LogP contribution in [0.2, 0.25) is 0 Å². The quantitative estimate of drug-likeness (QED) is 0.0457. The van der Waals surface area contributed by atoms with Crippen LogP contribution in [0.3, 0.4) is 0 Å². The van der Waals surface area contributed by atoms with Gasteiger partial charge in [0.1, 0.15) is 30.2 Å². The molecule has 2 fully saturated rings. The molecule has 480 valence electrons. The Balaban J connectivity index is -0.000000593. The minimum Gasteiger partial charge on any atom is -0.496 e. The number of nitrogens with zero attached hydrogens (tertiary/aromatic N) is 1. The number of unbranched alkanes of at least 4 members (excludes halogenated alkanes) is 1. The van der Waals surface area contributed by atoms with Gasteiger partial charge >= 0.3 is 0 Å². The highest BCUT2D eigenvalue weighted by molar-refractivity contribution is 5.81. The van der Waals surface area contributed by atoms with Crippen molar-refractivity contribution in [2.24, 2.45) is 40.9 Å². The Labute approximate surface area is 502 Å². The van der Waals surface area contributed by atoms with Crippen LogP contribution in [0.15, 0.2) is 84.2 Å². The number of methoxy groups -OCH3 is 3. The first-order valence-electron chi connectivity index (χ1n) is 29.7. The monoisotopic (exact) mass is 1160 g/mol. The van der Waals surface area contributed by atoms with E-state index in [-0.39, 0.29) is 87.5 Å². The Bertz CT molecular complexity index is 2040. The number of ketones is 2. The molecule has 15 nitrogen and oxygen atoms in total. The molecule has 3 aliphatic rings. The summed E-state index contributed by atoms with van der Waals surface area (Å²) in [5, 5.41) is 7.00. The van der Waals surface area contributed by atoms with Gasteiger partial charge in [0.15, 0.2) is 0 Å². The lowest BCUT2D eigenvalue weighted by Crippen LogP contribution is -2.54. The molecular formula is C67H125N3O12. The predicted octanol–water partition coefficient (Wildman–Crippen LogP) is 13.5. The highest BCUT2D eigenvalue weighted by Gasteiger charge is 2.43. The van der Waals surface area contributed by atoms with Crippen LogP contribution in [0.25, 0.3) is 0 Å². The van der Waals surface area contributed by atoms with Crippen LogP contribution >= 0.6 is 0 Å². The van der Waals surface area contributed by atoms with E-state index in [2.05, 4.69) is 97.9 Å². The van der Waals surface area contributed by atoms with Crippen LogP contribution in [-0.2, 0) is 38.2 Å². The second-order valence-corrected chi connectivity index (χ2v) is 23.6. The zero-order chi connectivity index (χ0) is 59.6. The number of allylic oxidation sites excluding steroid dienone is 3. The minimum absolute atomic E-state index is 0. The van der Waals surface area contributed by atoms with Crippen molar-refractivity contribution in [1.29, 1.82) is 0 Å². The lowest BCUT2D eigenvalue weighted by molar-refractivity contribution is -0.171. The number of aromatic nitrogens is 1. The zero-order valence-corrected chi connectivity index (χ0v) is 53.8. The number of hydrogen-bond acceptors (Lipinski definition) is 11. The number of carbonyl (C=O) groups is 3. The fourth-order valence-electron chi connectivity index (χ4n) is 10.1. The van der Waals surface area contributed by atoms with E-state index < -0.39 is 5.60 Å². The first-order chi connectivity index (χ1) is 37.5. The third kappa shape index (κ3) is 31.7. The van der Waals surface area contributed by atoms with Gasteiger partial charge in [0.25, 0.3) is 0 Å². The summed E-state index contributed by atoms with van der Waals surface area (Å²) >= 11 is 0. The molecule has 11 atom stereocenters. The zero-order valence-electron chi connectivity index (χ0n) is 53.8. The van der Waals surface area contributed by atoms with Crippen molar-refractivity contribution >= 4 is 17.5 Å². The Morgan fingerprint density at radius 2 is 1.60 bits per heavy atom. The molecule has 0 radical (unpaired) electrons. The summed E-state index contributed by atoms with van der Waals surface area (Å²) in [6.07, 6.45) is 24.4. The lowest BCUT2D eigenvalue weighted by Gasteiger charge is -2.46. The summed E-state index contributed by atoms with van der Waals surface area (Å²) in [5.41, 5.74) is 6.77. The molecule has 0 aliphatic carbocycles. The predicted molar refractivity (Wildman–Crippen MR) is 342 cm³/mol. The van der Waals surface area contributed by atoms with E-state index in [1.165, 1.54) is 17.6 Å². The highest BCUT2D eigenvalue weighted by atomic mass is 16.7. The van der Waals surface area contributed by atoms with Gasteiger partial charge in [0.05, 0.1) is 50.5 Å². The molecule has 5 rings (SSSR count). The number of amides is 1. The van der Waals surface area contributed by atoms with Crippen molar-refractivity contribution in [3.05, 3.63) is 89.8 Å². The molecule has 0 spiro atoms. The van der Waals surface area contributed by atoms with Gasteiger partial charge in [-0.3, -0.25) is 19.2 Å². The average Bonchev–Trinajstić information content (AvgIpc) is 4.14. The summed E-state index contributed by atoms with van der Waals surface area (Å²) < 4.78 is 27.7. The molecule has 1 amide bonds. The SMILES string of the molecule is C.CCC(C)(C)COC.CCCC[C@@H](C[C@@H](C)C(=O)CC(C)/C(C)=C/[C@@H](C)C(C)=O)C1C=CC(/C=C(\C)CC[C@@H]2CCC(C)[C@](C)(CC(=O)N3CCCC(C)[C@H]3COCOC)O2)ON1.CO.COc1ccccc1C.O.O.[HH].[HH].c1cc[nH]c1. The maximum atomic E-state index is 13.8. The maximum Gasteiger partial charge on any atom is 0.225 e. The largest absolute Gasteiger partial charge is 0.496 e. The van der Waals surface area contributed by atoms with Gasteiger partial charge in [0.2, 0.25) is 5.91 Å². The number of Topliss-reactive ketones (excluding diaryl/α,β-unsaturated/α-hetero) is 2. The number of benzene rings is 1. The number of para-hydroxylation sites is 1. The normalized spacial score (nSPS) is 22.9. The molecule has 1 aromatic carbocycles. The topological polar surface area (TPSA) is 221 Å². The molecule has 82 heavy (non-hydrogen) atoms. The molecule has 0 saturated carbocycles. The summed E-state index contributed by atoms with van der Waals surface area (Å²) in [4.78, 5) is 50.0. The number of hydrogen-bond donors (Lipinski definition) is 3. The number of H-pyrrole nitrogens is 1. The van der Waals surface area contributed by atoms with E-state index in [0.717, 1.165) is 95.8 Å². The van der Waals surface area contributed by atoms with E-state index in [1.54, 1.807) is 28.3 Å². The number of aliphatic hydroxyl groups excluding tert-OH is 1. The number of carbonyl (C=O) groups excluding carboxylic acids is 3. The molecular weight excluding hydrogens is 1040 g/mol. The van der Waals surface area contributed by atoms with Crippen molar-refractivity contribution in [3.8, 4) is 5.75 Å². The van der Waals surface area contributed by atoms with Gasteiger partial charge in [-0.2, -0.15) is 5.48 Å². The van der Waals surface area contributed by atoms with Crippen LogP contribution in [0.4, 0.5) is 0 Å². The number of aliphatic hydroxyl groups is 1. The van der Waals surface area contributed by atoms with Gasteiger partial charge in [-0.15, -0.1) is 0 Å². The number of piperidine rings is 1. The summed E-state index contributed by atoms with van der Waals surface area (Å²) in [5.74, 6) is 2.50. The molecule has 2 aromatic rings. The standard InChI is InChI=1S/C46H78N2O7.C8H10O.C7H16O.C4H5N.CH4O.CH4.2H2O.2H2/c1-12-13-16-39(26-36(7)44(50)27-34(5)33(4)25-35(6)38(9)49)42-22-21-41(55-47-42)24-31(2)17-19-40-20-18-37(8)46(10,54-40)28-45(51)48-23-14-15-32(3)43(48)29-53-30-52-11;1-7-5-3-4-6-8(7)9-2;1-5-7(2,3)6-8-4;1-2-4-5-3-1;1-2;;;;;/h21-22,24-25,32,34-37,39-43,47H,12-20,23,26-30H2,1-11H3;3-6H,1-2H3;5-6H2,1-4H3;1-5H;2H,1H3;1H4;2*1H2;2*1H/b31-24+,33-25+;;;;;;;;;/t32?,34?,35-,36-,37?,39+,40-,41?,42?,43-,46+;;;;;;;;;/m1........./s1. The van der Waals surface area contributed by atoms with E-state index >= 15 is 0 Å². The van der Waals surface area contributed by atoms with E-state index in [0.29, 0.717) is 42.6 Å². The average molecular weight is 1160 g/mol. The molecule has 4 heterocycles. The van der Waals surface area contributed by atoms with Gasteiger partial charge in [-0.1, -0.05) is 136 Å². The third-order valence-electron chi connectivity index (χ3n) is 16.4. The lowest BCUT2D eigenvalue weighted by atomic mass is 9.79. The number of aromatic amines is 1. The number of rotatable bonds is 26. The van der Waals surface area contributed by atoms with Gasteiger partial charge < -0.3 is 49.6 Å².